The van der Waals surface area contributed by atoms with Gasteiger partial charge in [-0.1, -0.05) is 12.1 Å². The summed E-state index contributed by atoms with van der Waals surface area (Å²) < 4.78 is 5.75. The van der Waals surface area contributed by atoms with Crippen LogP contribution in [0.1, 0.15) is 31.4 Å². The molecule has 1 atom stereocenters. The number of ether oxygens (including phenoxy) is 1. The van der Waals surface area contributed by atoms with E-state index in [0.29, 0.717) is 36.8 Å². The summed E-state index contributed by atoms with van der Waals surface area (Å²) in [6.45, 7) is 3.26. The van der Waals surface area contributed by atoms with Gasteiger partial charge in [0, 0.05) is 36.3 Å². The van der Waals surface area contributed by atoms with Gasteiger partial charge in [0.1, 0.15) is 18.1 Å². The molecule has 8 nitrogen and oxygen atoms in total. The largest absolute Gasteiger partial charge is 0.474 e. The summed E-state index contributed by atoms with van der Waals surface area (Å²) in [5.74, 6) is 1.50. The van der Waals surface area contributed by atoms with E-state index in [1.54, 1.807) is 6.20 Å². The van der Waals surface area contributed by atoms with Gasteiger partial charge in [0.2, 0.25) is 17.7 Å². The highest BCUT2D eigenvalue weighted by molar-refractivity contribution is 5.98. The maximum Gasteiger partial charge on any atom is 0.238 e. The molecule has 6 rings (SSSR count). The van der Waals surface area contributed by atoms with E-state index in [0.717, 1.165) is 47.6 Å². The molecular weight excluding hydrogens is 430 g/mol. The molecule has 0 aliphatic carbocycles. The molecule has 2 fully saturated rings. The molecule has 2 amide bonds. The number of anilines is 4. The number of benzene rings is 1. The van der Waals surface area contributed by atoms with Crippen molar-refractivity contribution in [3.8, 4) is 17.0 Å². The molecule has 34 heavy (non-hydrogen) atoms. The van der Waals surface area contributed by atoms with Crippen LogP contribution in [0.3, 0.4) is 0 Å². The van der Waals surface area contributed by atoms with Crippen molar-refractivity contribution in [1.29, 1.82) is 0 Å². The summed E-state index contributed by atoms with van der Waals surface area (Å²) in [6, 6.07) is 14.0. The number of carbonyl (C=O) groups is 2. The smallest absolute Gasteiger partial charge is 0.238 e. The average molecular weight is 456 g/mol. The number of amides is 2. The van der Waals surface area contributed by atoms with Gasteiger partial charge >= 0.3 is 0 Å². The lowest BCUT2D eigenvalue weighted by Crippen LogP contribution is -2.40. The van der Waals surface area contributed by atoms with Gasteiger partial charge in [-0.2, -0.15) is 0 Å². The van der Waals surface area contributed by atoms with Crippen LogP contribution in [0.2, 0.25) is 0 Å². The first kappa shape index (κ1) is 20.7. The third-order valence-corrected chi connectivity index (χ3v) is 6.75. The van der Waals surface area contributed by atoms with Gasteiger partial charge in [0.15, 0.2) is 0 Å². The van der Waals surface area contributed by atoms with Crippen LogP contribution in [0.25, 0.3) is 11.1 Å². The van der Waals surface area contributed by atoms with Crippen molar-refractivity contribution < 1.29 is 14.3 Å². The van der Waals surface area contributed by atoms with Crippen molar-refractivity contribution in [1.82, 2.24) is 9.97 Å². The zero-order chi connectivity index (χ0) is 23.2. The van der Waals surface area contributed by atoms with Crippen molar-refractivity contribution >= 4 is 34.7 Å². The zero-order valence-corrected chi connectivity index (χ0v) is 19.0. The van der Waals surface area contributed by atoms with Crippen molar-refractivity contribution in [3.05, 3.63) is 54.4 Å². The number of aryl methyl sites for hydroxylation is 1. The van der Waals surface area contributed by atoms with E-state index in [-0.39, 0.29) is 17.9 Å². The number of nitrogens with zero attached hydrogens (tertiary/aromatic N) is 4. The number of pyridine rings is 2. The average Bonchev–Trinajstić information content (AvgIpc) is 3.45. The van der Waals surface area contributed by atoms with Gasteiger partial charge in [0.05, 0.1) is 17.9 Å². The lowest BCUT2D eigenvalue weighted by atomic mass is 10.0. The van der Waals surface area contributed by atoms with E-state index in [1.165, 1.54) is 0 Å². The van der Waals surface area contributed by atoms with E-state index in [2.05, 4.69) is 10.3 Å². The summed E-state index contributed by atoms with van der Waals surface area (Å²) in [5, 5.41) is 3.31. The fourth-order valence-electron chi connectivity index (χ4n) is 5.03. The molecule has 5 heterocycles. The van der Waals surface area contributed by atoms with Gasteiger partial charge < -0.3 is 19.9 Å². The fraction of sp³-hybridized carbons (Fsp3) is 0.308. The highest BCUT2D eigenvalue weighted by Gasteiger charge is 2.38. The summed E-state index contributed by atoms with van der Waals surface area (Å²) in [7, 11) is 0. The van der Waals surface area contributed by atoms with E-state index in [9.17, 15) is 9.59 Å². The molecule has 0 bridgehead atoms. The monoisotopic (exact) mass is 455 g/mol. The highest BCUT2D eigenvalue weighted by atomic mass is 16.5. The number of rotatable bonds is 4. The van der Waals surface area contributed by atoms with Crippen molar-refractivity contribution in [2.24, 2.45) is 0 Å². The Kier molecular flexibility index (Phi) is 4.94. The molecule has 3 aliphatic rings. The Morgan fingerprint density at radius 3 is 2.68 bits per heavy atom. The number of hydrogen-bond donors (Lipinski definition) is 1. The zero-order valence-electron chi connectivity index (χ0n) is 19.0. The van der Waals surface area contributed by atoms with Crippen LogP contribution < -0.4 is 19.9 Å². The van der Waals surface area contributed by atoms with Gasteiger partial charge in [-0.3, -0.25) is 9.59 Å². The highest BCUT2D eigenvalue weighted by Crippen LogP contribution is 2.39. The topological polar surface area (TPSA) is 87.7 Å². The minimum absolute atomic E-state index is 0.0895. The summed E-state index contributed by atoms with van der Waals surface area (Å²) in [4.78, 5) is 37.2. The summed E-state index contributed by atoms with van der Waals surface area (Å²) >= 11 is 0. The van der Waals surface area contributed by atoms with Gasteiger partial charge in [-0.05, 0) is 55.7 Å². The Bertz CT molecular complexity index is 1290. The number of hydrogen-bond acceptors (Lipinski definition) is 6. The van der Waals surface area contributed by atoms with Crippen molar-refractivity contribution in [3.63, 3.8) is 0 Å². The third-order valence-electron chi connectivity index (χ3n) is 6.75. The number of aromatic nitrogens is 2. The second-order valence-corrected chi connectivity index (χ2v) is 8.97. The molecule has 3 aromatic rings. The molecule has 1 N–H and O–H groups in total. The van der Waals surface area contributed by atoms with Crippen LogP contribution in [-0.2, 0) is 9.59 Å². The van der Waals surface area contributed by atoms with Crippen LogP contribution in [0.4, 0.5) is 22.9 Å². The molecule has 0 saturated carbocycles. The predicted octanol–water partition coefficient (Wildman–Crippen LogP) is 4.21. The Morgan fingerprint density at radius 1 is 1.06 bits per heavy atom. The normalized spacial score (nSPS) is 19.1. The first-order valence-corrected chi connectivity index (χ1v) is 11.7. The van der Waals surface area contributed by atoms with Gasteiger partial charge in [0.25, 0.3) is 0 Å². The van der Waals surface area contributed by atoms with E-state index in [1.807, 2.05) is 59.2 Å². The first-order valence-electron chi connectivity index (χ1n) is 11.7. The summed E-state index contributed by atoms with van der Waals surface area (Å²) in [6.07, 6.45) is 4.60. The third kappa shape index (κ3) is 3.55. The molecule has 172 valence electrons. The van der Waals surface area contributed by atoms with Crippen LogP contribution in [-0.4, -0.2) is 41.0 Å². The molecule has 3 aliphatic heterocycles. The fourth-order valence-corrected chi connectivity index (χ4v) is 5.03. The quantitative estimate of drug-likeness (QED) is 0.634. The molecule has 0 unspecified atom stereocenters. The second kappa shape index (κ2) is 8.13. The van der Waals surface area contributed by atoms with Gasteiger partial charge in [-0.15, -0.1) is 0 Å². The lowest BCUT2D eigenvalue weighted by molar-refractivity contribution is -0.118. The number of carbonyl (C=O) groups excluding carboxylic acids is 2. The number of fused-ring (bicyclic) bond motifs is 3. The molecule has 0 spiro atoms. The second-order valence-electron chi connectivity index (χ2n) is 8.97. The molecule has 1 aromatic carbocycles. The van der Waals surface area contributed by atoms with Crippen LogP contribution in [0, 0.1) is 6.92 Å². The maximum atomic E-state index is 12.4. The van der Waals surface area contributed by atoms with Crippen LogP contribution >= 0.6 is 0 Å². The Morgan fingerprint density at radius 2 is 1.91 bits per heavy atom. The van der Waals surface area contributed by atoms with E-state index >= 15 is 0 Å². The standard InChI is InChI=1S/C26H25N5O3/c1-16-21(17-4-6-19(7-5-17)30-12-2-3-24(30)32)9-10-23(28-16)29-18-13-22-26(27-14-18)34-15-20-8-11-25(33)31(20)22/h4-7,9-10,13-14,20H,2-3,8,11-12,15H2,1H3,(H,28,29)/t20-/m0/s1. The summed E-state index contributed by atoms with van der Waals surface area (Å²) in [5.41, 5.74) is 5.39. The van der Waals surface area contributed by atoms with E-state index < -0.39 is 0 Å². The molecule has 8 heteroatoms. The Hall–Kier alpha value is -3.94. The molecule has 2 saturated heterocycles. The first-order chi connectivity index (χ1) is 16.6. The van der Waals surface area contributed by atoms with Crippen LogP contribution in [0.15, 0.2) is 48.7 Å². The van der Waals surface area contributed by atoms with Crippen molar-refractivity contribution in [2.75, 3.05) is 28.3 Å². The maximum absolute atomic E-state index is 12.4. The molecule has 2 aromatic heterocycles. The van der Waals surface area contributed by atoms with E-state index in [4.69, 9.17) is 9.72 Å². The van der Waals surface area contributed by atoms with Crippen molar-refractivity contribution in [2.45, 2.75) is 38.6 Å². The van der Waals surface area contributed by atoms with Crippen LogP contribution in [0.5, 0.6) is 5.88 Å². The lowest BCUT2D eigenvalue weighted by Gasteiger charge is -2.31. The SMILES string of the molecule is Cc1nc(Nc2cnc3c(c2)N2C(=O)CC[C@H]2CO3)ccc1-c1ccc(N2CCCC2=O)cc1. The minimum atomic E-state index is 0.0895. The molecular formula is C26H25N5O3. The number of nitrogens with one attached hydrogen (secondary N) is 1. The van der Waals surface area contributed by atoms with Gasteiger partial charge in [-0.25, -0.2) is 9.97 Å². The Labute approximate surface area is 197 Å². The predicted molar refractivity (Wildman–Crippen MR) is 130 cm³/mol. The molecule has 0 radical (unpaired) electrons. The Balaban J connectivity index is 1.22. The minimum Gasteiger partial charge on any atom is -0.474 e.